The molecule has 0 spiro atoms. The Balaban J connectivity index is 1.38. The van der Waals surface area contributed by atoms with Crippen LogP contribution < -0.4 is 5.56 Å². The van der Waals surface area contributed by atoms with Crippen LogP contribution in [0, 0.1) is 6.92 Å². The fourth-order valence-corrected chi connectivity index (χ4v) is 4.99. The molecular weight excluding hydrogens is 418 g/mol. The molecule has 0 saturated heterocycles. The zero-order valence-corrected chi connectivity index (χ0v) is 18.6. The minimum absolute atomic E-state index is 0.000528. The van der Waals surface area contributed by atoms with Gasteiger partial charge in [-0.25, -0.2) is 4.98 Å². The number of hydrogen-bond acceptors (Lipinski definition) is 4. The maximum absolute atomic E-state index is 13.3. The second-order valence-electron chi connectivity index (χ2n) is 8.06. The zero-order chi connectivity index (χ0) is 22.1. The quantitative estimate of drug-likeness (QED) is 0.459. The van der Waals surface area contributed by atoms with Gasteiger partial charge in [0.1, 0.15) is 11.4 Å². The van der Waals surface area contributed by atoms with E-state index >= 15 is 0 Å². The number of carbonyl (C=O) groups excluding carboxylic acids is 1. The molecule has 1 amide bonds. The first-order chi connectivity index (χ1) is 15.6. The highest BCUT2D eigenvalue weighted by Gasteiger charge is 2.20. The largest absolute Gasteiger partial charge is 0.337 e. The van der Waals surface area contributed by atoms with E-state index < -0.39 is 0 Å². The highest BCUT2D eigenvalue weighted by molar-refractivity contribution is 7.17. The fourth-order valence-electron chi connectivity index (χ4n) is 4.08. The normalized spacial score (nSPS) is 13.9. The van der Waals surface area contributed by atoms with E-state index in [0.717, 1.165) is 17.5 Å². The van der Waals surface area contributed by atoms with Gasteiger partial charge in [-0.05, 0) is 30.0 Å². The van der Waals surface area contributed by atoms with Gasteiger partial charge < -0.3 is 4.90 Å². The Morgan fingerprint density at radius 1 is 1.06 bits per heavy atom. The molecule has 5 nitrogen and oxygen atoms in total. The van der Waals surface area contributed by atoms with Crippen molar-refractivity contribution in [3.05, 3.63) is 93.9 Å². The van der Waals surface area contributed by atoms with Crippen molar-refractivity contribution in [2.75, 3.05) is 13.1 Å². The first-order valence-electron chi connectivity index (χ1n) is 10.7. The number of amides is 1. The number of fused-ring (bicyclic) bond motifs is 1. The SMILES string of the molecule is Cc1ccc(-c2csc3ncn(CC(=O)N4CC=C(c5ccccc5)CC4)c(=O)c23)cc1. The van der Waals surface area contributed by atoms with Gasteiger partial charge in [-0.2, -0.15) is 0 Å². The summed E-state index contributed by atoms with van der Waals surface area (Å²) in [6.07, 6.45) is 4.41. The molecule has 5 rings (SSSR count). The molecule has 160 valence electrons. The van der Waals surface area contributed by atoms with Crippen LogP contribution in [0.3, 0.4) is 0 Å². The third kappa shape index (κ3) is 3.89. The van der Waals surface area contributed by atoms with Crippen LogP contribution in [0.1, 0.15) is 17.5 Å². The van der Waals surface area contributed by atoms with Gasteiger partial charge in [0.25, 0.3) is 5.56 Å². The van der Waals surface area contributed by atoms with Crippen molar-refractivity contribution in [2.24, 2.45) is 0 Å². The molecule has 0 aliphatic carbocycles. The summed E-state index contributed by atoms with van der Waals surface area (Å²) in [5.41, 5.74) is 5.32. The average molecular weight is 442 g/mol. The number of hydrogen-bond donors (Lipinski definition) is 0. The Hall–Kier alpha value is -3.51. The monoisotopic (exact) mass is 441 g/mol. The molecular formula is C26H23N3O2S. The molecule has 4 aromatic rings. The van der Waals surface area contributed by atoms with Gasteiger partial charge in [0.05, 0.1) is 11.7 Å². The number of benzene rings is 2. The van der Waals surface area contributed by atoms with E-state index in [1.807, 2.05) is 54.8 Å². The minimum Gasteiger partial charge on any atom is -0.337 e. The summed E-state index contributed by atoms with van der Waals surface area (Å²) in [6.45, 7) is 3.24. The third-order valence-corrected chi connectivity index (χ3v) is 6.82. The maximum atomic E-state index is 13.3. The predicted octanol–water partition coefficient (Wildman–Crippen LogP) is 4.75. The van der Waals surface area contributed by atoms with Crippen LogP contribution in [0.5, 0.6) is 0 Å². The smallest absolute Gasteiger partial charge is 0.263 e. The second-order valence-corrected chi connectivity index (χ2v) is 8.92. The van der Waals surface area contributed by atoms with Crippen LogP contribution >= 0.6 is 11.3 Å². The van der Waals surface area contributed by atoms with Crippen molar-refractivity contribution in [2.45, 2.75) is 19.9 Å². The van der Waals surface area contributed by atoms with Gasteiger partial charge in [0.15, 0.2) is 0 Å². The molecule has 0 bridgehead atoms. The Morgan fingerprint density at radius 3 is 2.56 bits per heavy atom. The summed E-state index contributed by atoms with van der Waals surface area (Å²) < 4.78 is 1.44. The van der Waals surface area contributed by atoms with Gasteiger partial charge in [0.2, 0.25) is 5.91 Å². The van der Waals surface area contributed by atoms with Gasteiger partial charge >= 0.3 is 0 Å². The summed E-state index contributed by atoms with van der Waals surface area (Å²) >= 11 is 1.45. The number of thiophene rings is 1. The van der Waals surface area contributed by atoms with Gasteiger partial charge in [-0.15, -0.1) is 11.3 Å². The summed E-state index contributed by atoms with van der Waals surface area (Å²) in [7, 11) is 0. The van der Waals surface area contributed by atoms with Gasteiger partial charge in [0, 0.05) is 24.0 Å². The lowest BCUT2D eigenvalue weighted by molar-refractivity contribution is -0.131. The first kappa shape index (κ1) is 20.4. The first-order valence-corrected chi connectivity index (χ1v) is 11.5. The topological polar surface area (TPSA) is 55.2 Å². The second kappa shape index (κ2) is 8.55. The Morgan fingerprint density at radius 2 is 1.84 bits per heavy atom. The molecule has 0 radical (unpaired) electrons. The molecule has 0 unspecified atom stereocenters. The molecule has 2 aromatic carbocycles. The predicted molar refractivity (Wildman–Crippen MR) is 130 cm³/mol. The molecule has 1 aliphatic rings. The van der Waals surface area contributed by atoms with Crippen LogP contribution in [-0.4, -0.2) is 33.4 Å². The van der Waals surface area contributed by atoms with Crippen LogP contribution in [0.25, 0.3) is 26.9 Å². The van der Waals surface area contributed by atoms with Crippen LogP contribution in [0.4, 0.5) is 0 Å². The van der Waals surface area contributed by atoms with E-state index in [2.05, 4.69) is 23.2 Å². The average Bonchev–Trinajstić information content (AvgIpc) is 3.27. The van der Waals surface area contributed by atoms with E-state index in [-0.39, 0.29) is 18.0 Å². The third-order valence-electron chi connectivity index (χ3n) is 5.94. The lowest BCUT2D eigenvalue weighted by Crippen LogP contribution is -2.39. The Labute approximate surface area is 190 Å². The molecule has 1 aliphatic heterocycles. The highest BCUT2D eigenvalue weighted by atomic mass is 32.1. The van der Waals surface area contributed by atoms with Crippen molar-refractivity contribution < 1.29 is 4.79 Å². The van der Waals surface area contributed by atoms with Crippen LogP contribution in [0.15, 0.2) is 77.2 Å². The van der Waals surface area contributed by atoms with Gasteiger partial charge in [-0.1, -0.05) is 66.2 Å². The van der Waals surface area contributed by atoms with E-state index in [1.54, 1.807) is 4.90 Å². The number of rotatable bonds is 4. The summed E-state index contributed by atoms with van der Waals surface area (Å²) in [5.74, 6) is -0.0660. The Kier molecular flexibility index (Phi) is 5.45. The van der Waals surface area contributed by atoms with Crippen molar-refractivity contribution >= 4 is 33.0 Å². The van der Waals surface area contributed by atoms with E-state index in [4.69, 9.17) is 0 Å². The van der Waals surface area contributed by atoms with E-state index in [0.29, 0.717) is 23.3 Å². The number of aromatic nitrogens is 2. The van der Waals surface area contributed by atoms with E-state index in [1.165, 1.54) is 38.9 Å². The molecule has 0 N–H and O–H groups in total. The summed E-state index contributed by atoms with van der Waals surface area (Å²) in [4.78, 5) is 33.1. The molecule has 0 atom stereocenters. The summed E-state index contributed by atoms with van der Waals surface area (Å²) in [5, 5.41) is 2.55. The standard InChI is InChI=1S/C26H23N3O2S/c1-18-7-9-21(10-8-18)22-16-32-25-24(22)26(31)29(17-27-25)15-23(30)28-13-11-20(12-14-28)19-5-3-2-4-6-19/h2-11,16-17H,12-15H2,1H3. The lowest BCUT2D eigenvalue weighted by atomic mass is 9.99. The lowest BCUT2D eigenvalue weighted by Gasteiger charge is -2.27. The Bertz CT molecular complexity index is 1370. The molecule has 2 aromatic heterocycles. The molecule has 3 heterocycles. The maximum Gasteiger partial charge on any atom is 0.263 e. The molecule has 0 fully saturated rings. The fraction of sp³-hybridized carbons (Fsp3) is 0.192. The van der Waals surface area contributed by atoms with Crippen LogP contribution in [-0.2, 0) is 11.3 Å². The molecule has 6 heteroatoms. The summed E-state index contributed by atoms with van der Waals surface area (Å²) in [6, 6.07) is 18.3. The van der Waals surface area contributed by atoms with Crippen molar-refractivity contribution in [1.29, 1.82) is 0 Å². The number of carbonyl (C=O) groups is 1. The molecule has 32 heavy (non-hydrogen) atoms. The zero-order valence-electron chi connectivity index (χ0n) is 17.8. The highest BCUT2D eigenvalue weighted by Crippen LogP contribution is 2.30. The number of aryl methyl sites for hydroxylation is 1. The number of nitrogens with zero attached hydrogens (tertiary/aromatic N) is 3. The van der Waals surface area contributed by atoms with Crippen molar-refractivity contribution in [3.8, 4) is 11.1 Å². The van der Waals surface area contributed by atoms with Crippen molar-refractivity contribution in [1.82, 2.24) is 14.5 Å². The van der Waals surface area contributed by atoms with Crippen LogP contribution in [0.2, 0.25) is 0 Å². The molecule has 0 saturated carbocycles. The van der Waals surface area contributed by atoms with E-state index in [9.17, 15) is 9.59 Å². The van der Waals surface area contributed by atoms with Crippen molar-refractivity contribution in [3.63, 3.8) is 0 Å². The van der Waals surface area contributed by atoms with Gasteiger partial charge in [-0.3, -0.25) is 14.2 Å². The minimum atomic E-state index is -0.169.